The van der Waals surface area contributed by atoms with Crippen LogP contribution < -0.4 is 10.1 Å². The highest BCUT2D eigenvalue weighted by Crippen LogP contribution is 2.48. The molecule has 1 aromatic rings. The van der Waals surface area contributed by atoms with E-state index in [0.717, 1.165) is 6.20 Å². The maximum atomic E-state index is 13.1. The number of ether oxygens (including phenoxy) is 1. The van der Waals surface area contributed by atoms with Gasteiger partial charge in [-0.25, -0.2) is 14.2 Å². The van der Waals surface area contributed by atoms with E-state index < -0.39 is 17.4 Å². The normalized spacial score (nSPS) is 16.6. The summed E-state index contributed by atoms with van der Waals surface area (Å²) in [5.74, 6) is -0.248. The Bertz CT molecular complexity index is 432. The van der Waals surface area contributed by atoms with Gasteiger partial charge in [-0.2, -0.15) is 0 Å². The van der Waals surface area contributed by atoms with Crippen LogP contribution in [-0.2, 0) is 5.54 Å². The summed E-state index contributed by atoms with van der Waals surface area (Å²) in [6.45, 7) is 0. The van der Waals surface area contributed by atoms with E-state index in [1.165, 1.54) is 13.2 Å². The molecule has 1 amide bonds. The number of carboxylic acid groups (broad SMARTS) is 1. The number of nitrogens with zero attached hydrogens (tertiary/aromatic N) is 1. The summed E-state index contributed by atoms with van der Waals surface area (Å²) < 4.78 is 18.1. The van der Waals surface area contributed by atoms with E-state index in [2.05, 4.69) is 10.3 Å². The highest BCUT2D eigenvalue weighted by molar-refractivity contribution is 5.67. The standard InChI is InChI=1S/C10H11FN2O3/c1-16-8-7(4-6(11)5-12-8)10(2-3-10)13-9(14)15/h4-5,13H,2-3H2,1H3,(H,14,15). The molecule has 0 unspecified atom stereocenters. The minimum Gasteiger partial charge on any atom is -0.481 e. The van der Waals surface area contributed by atoms with Gasteiger partial charge in [0, 0.05) is 5.56 Å². The van der Waals surface area contributed by atoms with Crippen molar-refractivity contribution in [3.63, 3.8) is 0 Å². The first kappa shape index (κ1) is 10.7. The van der Waals surface area contributed by atoms with Crippen molar-refractivity contribution in [3.05, 3.63) is 23.6 Å². The molecule has 0 saturated heterocycles. The molecule has 16 heavy (non-hydrogen) atoms. The van der Waals surface area contributed by atoms with E-state index in [-0.39, 0.29) is 5.88 Å². The van der Waals surface area contributed by atoms with E-state index in [1.54, 1.807) is 0 Å². The molecule has 0 bridgehead atoms. The first-order valence-electron chi connectivity index (χ1n) is 4.78. The summed E-state index contributed by atoms with van der Waals surface area (Å²) in [5, 5.41) is 11.1. The predicted octanol–water partition coefficient (Wildman–Crippen LogP) is 1.49. The maximum absolute atomic E-state index is 13.1. The van der Waals surface area contributed by atoms with Gasteiger partial charge < -0.3 is 15.2 Å². The number of rotatable bonds is 3. The van der Waals surface area contributed by atoms with E-state index in [1.807, 2.05) is 0 Å². The van der Waals surface area contributed by atoms with Crippen molar-refractivity contribution in [1.82, 2.24) is 10.3 Å². The molecule has 86 valence electrons. The Balaban J connectivity index is 2.38. The first-order valence-corrected chi connectivity index (χ1v) is 4.78. The van der Waals surface area contributed by atoms with Crippen LogP contribution in [0.3, 0.4) is 0 Å². The first-order chi connectivity index (χ1) is 7.57. The zero-order valence-corrected chi connectivity index (χ0v) is 8.66. The van der Waals surface area contributed by atoms with E-state index in [0.29, 0.717) is 18.4 Å². The number of amides is 1. The molecular formula is C10H11FN2O3. The molecule has 1 aromatic heterocycles. The Labute approximate surface area is 91.3 Å². The van der Waals surface area contributed by atoms with Gasteiger partial charge in [0.1, 0.15) is 5.82 Å². The molecular weight excluding hydrogens is 215 g/mol. The molecule has 1 aliphatic carbocycles. The smallest absolute Gasteiger partial charge is 0.405 e. The number of carbonyl (C=O) groups is 1. The molecule has 5 nitrogen and oxygen atoms in total. The van der Waals surface area contributed by atoms with Crippen LogP contribution in [0.1, 0.15) is 18.4 Å². The topological polar surface area (TPSA) is 71.5 Å². The monoisotopic (exact) mass is 226 g/mol. The van der Waals surface area contributed by atoms with E-state index in [4.69, 9.17) is 9.84 Å². The van der Waals surface area contributed by atoms with Crippen molar-refractivity contribution in [1.29, 1.82) is 0 Å². The number of nitrogens with one attached hydrogen (secondary N) is 1. The molecule has 6 heteroatoms. The highest BCUT2D eigenvalue weighted by atomic mass is 19.1. The third kappa shape index (κ3) is 1.78. The Hall–Kier alpha value is -1.85. The Kier molecular flexibility index (Phi) is 2.41. The van der Waals surface area contributed by atoms with Crippen molar-refractivity contribution in [2.75, 3.05) is 7.11 Å². The second kappa shape index (κ2) is 3.62. The number of hydrogen-bond acceptors (Lipinski definition) is 3. The molecule has 0 spiro atoms. The summed E-state index contributed by atoms with van der Waals surface area (Å²) in [4.78, 5) is 14.4. The lowest BCUT2D eigenvalue weighted by molar-refractivity contribution is 0.188. The van der Waals surface area contributed by atoms with Crippen LogP contribution in [0.2, 0.25) is 0 Å². The minimum absolute atomic E-state index is 0.257. The fourth-order valence-electron chi connectivity index (χ4n) is 1.72. The molecule has 0 atom stereocenters. The van der Waals surface area contributed by atoms with Gasteiger partial charge in [-0.15, -0.1) is 0 Å². The van der Waals surface area contributed by atoms with Gasteiger partial charge in [0.15, 0.2) is 0 Å². The largest absolute Gasteiger partial charge is 0.481 e. The van der Waals surface area contributed by atoms with Gasteiger partial charge in [-0.05, 0) is 18.9 Å². The summed E-state index contributed by atoms with van der Waals surface area (Å²) in [6, 6.07) is 1.26. The molecule has 2 N–H and O–H groups in total. The number of halogens is 1. The SMILES string of the molecule is COc1ncc(F)cc1C1(NC(=O)O)CC1. The average Bonchev–Trinajstić information content (AvgIpc) is 2.98. The van der Waals surface area contributed by atoms with Gasteiger partial charge in [0.2, 0.25) is 5.88 Å². The molecule has 0 aliphatic heterocycles. The van der Waals surface area contributed by atoms with Crippen molar-refractivity contribution >= 4 is 6.09 Å². The highest BCUT2D eigenvalue weighted by Gasteiger charge is 2.48. The molecule has 0 aromatic carbocycles. The van der Waals surface area contributed by atoms with Crippen molar-refractivity contribution in [2.45, 2.75) is 18.4 Å². The molecule has 1 heterocycles. The van der Waals surface area contributed by atoms with Gasteiger partial charge in [-0.3, -0.25) is 0 Å². The molecule has 1 aliphatic rings. The predicted molar refractivity (Wildman–Crippen MR) is 52.8 cm³/mol. The van der Waals surface area contributed by atoms with Crippen LogP contribution in [0.4, 0.5) is 9.18 Å². The second-order valence-electron chi connectivity index (χ2n) is 3.72. The van der Waals surface area contributed by atoms with Crippen LogP contribution in [-0.4, -0.2) is 23.3 Å². The van der Waals surface area contributed by atoms with Crippen molar-refractivity contribution < 1.29 is 19.0 Å². The number of aromatic nitrogens is 1. The molecule has 2 rings (SSSR count). The van der Waals surface area contributed by atoms with Crippen molar-refractivity contribution in [3.8, 4) is 5.88 Å². The minimum atomic E-state index is -1.14. The van der Waals surface area contributed by atoms with Gasteiger partial charge in [-0.1, -0.05) is 0 Å². The molecule has 1 fully saturated rings. The zero-order chi connectivity index (χ0) is 11.8. The number of methoxy groups -OCH3 is 1. The lowest BCUT2D eigenvalue weighted by atomic mass is 10.1. The van der Waals surface area contributed by atoms with Crippen molar-refractivity contribution in [2.24, 2.45) is 0 Å². The Morgan fingerprint density at radius 3 is 2.88 bits per heavy atom. The van der Waals surface area contributed by atoms with Crippen LogP contribution in [0.5, 0.6) is 5.88 Å². The average molecular weight is 226 g/mol. The second-order valence-corrected chi connectivity index (χ2v) is 3.72. The number of pyridine rings is 1. The maximum Gasteiger partial charge on any atom is 0.405 e. The summed E-state index contributed by atoms with van der Waals surface area (Å²) in [7, 11) is 1.42. The summed E-state index contributed by atoms with van der Waals surface area (Å²) >= 11 is 0. The van der Waals surface area contributed by atoms with Gasteiger partial charge in [0.05, 0.1) is 18.8 Å². The van der Waals surface area contributed by atoms with Gasteiger partial charge >= 0.3 is 6.09 Å². The Morgan fingerprint density at radius 2 is 2.38 bits per heavy atom. The van der Waals surface area contributed by atoms with Crippen LogP contribution >= 0.6 is 0 Å². The lowest BCUT2D eigenvalue weighted by Crippen LogP contribution is -2.34. The van der Waals surface area contributed by atoms with Crippen LogP contribution in [0.25, 0.3) is 0 Å². The summed E-state index contributed by atoms with van der Waals surface area (Å²) in [5.41, 5.74) is -0.274. The third-order valence-electron chi connectivity index (χ3n) is 2.62. The fourth-order valence-corrected chi connectivity index (χ4v) is 1.72. The molecule has 1 saturated carbocycles. The number of hydrogen-bond donors (Lipinski definition) is 2. The molecule has 0 radical (unpaired) electrons. The quantitative estimate of drug-likeness (QED) is 0.819. The summed E-state index contributed by atoms with van der Waals surface area (Å²) in [6.07, 6.45) is 1.16. The third-order valence-corrected chi connectivity index (χ3v) is 2.62. The lowest BCUT2D eigenvalue weighted by Gasteiger charge is -2.17. The Morgan fingerprint density at radius 1 is 1.69 bits per heavy atom. The zero-order valence-electron chi connectivity index (χ0n) is 8.66. The van der Waals surface area contributed by atoms with Crippen LogP contribution in [0, 0.1) is 5.82 Å². The van der Waals surface area contributed by atoms with E-state index in [9.17, 15) is 9.18 Å². The fraction of sp³-hybridized carbons (Fsp3) is 0.400. The van der Waals surface area contributed by atoms with E-state index >= 15 is 0 Å². The van der Waals surface area contributed by atoms with Gasteiger partial charge in [0.25, 0.3) is 0 Å². The van der Waals surface area contributed by atoms with Crippen LogP contribution in [0.15, 0.2) is 12.3 Å².